The summed E-state index contributed by atoms with van der Waals surface area (Å²) in [5, 5.41) is 6.51. The molecule has 3 heterocycles. The third-order valence-corrected chi connectivity index (χ3v) is 8.88. The molecule has 0 saturated carbocycles. The van der Waals surface area contributed by atoms with Crippen molar-refractivity contribution in [2.24, 2.45) is 0 Å². The van der Waals surface area contributed by atoms with Crippen molar-refractivity contribution in [3.63, 3.8) is 0 Å². The standard InChI is InChI=1S/C25H27ClN6O3S/c1-31-11-9-19(10-12-31)32(2)36(34,35)20-6-4-18(5-7-20)28-25-27-15-16-13-23(33)29-22-14-17(26)3-8-21(22)24(16)30-25/h3-8,14-15,19H,9-13H2,1-2H3,(H,29,33)(H,27,28,30). The van der Waals surface area contributed by atoms with E-state index < -0.39 is 10.0 Å². The van der Waals surface area contributed by atoms with Crippen LogP contribution in [0.25, 0.3) is 11.3 Å². The van der Waals surface area contributed by atoms with Gasteiger partial charge in [-0.05, 0) is 75.4 Å². The fourth-order valence-electron chi connectivity index (χ4n) is 4.58. The molecule has 2 N–H and O–H groups in total. The smallest absolute Gasteiger partial charge is 0.243 e. The molecule has 2 aliphatic rings. The number of nitrogens with zero attached hydrogens (tertiary/aromatic N) is 4. The summed E-state index contributed by atoms with van der Waals surface area (Å²) in [5.74, 6) is 0.173. The third kappa shape index (κ3) is 4.94. The van der Waals surface area contributed by atoms with Crippen molar-refractivity contribution in [2.45, 2.75) is 30.2 Å². The molecule has 3 aromatic rings. The van der Waals surface area contributed by atoms with Gasteiger partial charge >= 0.3 is 0 Å². The Labute approximate surface area is 215 Å². The molecule has 1 fully saturated rings. The van der Waals surface area contributed by atoms with Crippen molar-refractivity contribution in [3.05, 3.63) is 59.2 Å². The van der Waals surface area contributed by atoms with Crippen molar-refractivity contribution in [3.8, 4) is 11.3 Å². The number of hydrogen-bond donors (Lipinski definition) is 2. The van der Waals surface area contributed by atoms with Gasteiger partial charge in [0.05, 0.1) is 22.7 Å². The van der Waals surface area contributed by atoms with Gasteiger partial charge in [0.2, 0.25) is 21.9 Å². The number of aromatic nitrogens is 2. The van der Waals surface area contributed by atoms with E-state index in [9.17, 15) is 13.2 Å². The number of benzene rings is 2. The summed E-state index contributed by atoms with van der Waals surface area (Å²) in [5.41, 5.74) is 3.34. The summed E-state index contributed by atoms with van der Waals surface area (Å²) < 4.78 is 27.8. The number of nitrogens with one attached hydrogen (secondary N) is 2. The minimum absolute atomic E-state index is 0.00360. The second-order valence-corrected chi connectivity index (χ2v) is 11.6. The number of anilines is 3. The Kier molecular flexibility index (Phi) is 6.69. The molecule has 1 saturated heterocycles. The van der Waals surface area contributed by atoms with E-state index >= 15 is 0 Å². The van der Waals surface area contributed by atoms with Crippen LogP contribution in [0, 0.1) is 0 Å². The van der Waals surface area contributed by atoms with Crippen LogP contribution in [0.2, 0.25) is 5.02 Å². The van der Waals surface area contributed by atoms with E-state index in [2.05, 4.69) is 32.5 Å². The Bertz CT molecular complexity index is 1410. The number of amides is 1. The van der Waals surface area contributed by atoms with Crippen molar-refractivity contribution in [2.75, 3.05) is 37.8 Å². The lowest BCUT2D eigenvalue weighted by Crippen LogP contribution is -2.44. The SMILES string of the molecule is CN1CCC(N(C)S(=O)(=O)c2ccc(Nc3ncc4c(n3)-c3ccc(Cl)cc3NC(=O)C4)cc2)CC1. The van der Waals surface area contributed by atoms with Gasteiger partial charge in [-0.15, -0.1) is 0 Å². The normalized spacial score (nSPS) is 16.7. The summed E-state index contributed by atoms with van der Waals surface area (Å²) >= 11 is 6.11. The molecule has 0 aliphatic carbocycles. The molecule has 0 spiro atoms. The van der Waals surface area contributed by atoms with Crippen molar-refractivity contribution in [1.29, 1.82) is 0 Å². The Morgan fingerprint density at radius 1 is 1.14 bits per heavy atom. The van der Waals surface area contributed by atoms with Crippen LogP contribution in [0.5, 0.6) is 0 Å². The predicted molar refractivity (Wildman–Crippen MR) is 140 cm³/mol. The van der Waals surface area contributed by atoms with Crippen LogP contribution >= 0.6 is 11.6 Å². The molecule has 0 unspecified atom stereocenters. The van der Waals surface area contributed by atoms with Gasteiger partial charge in [-0.3, -0.25) is 4.79 Å². The zero-order valence-corrected chi connectivity index (χ0v) is 21.6. The molecule has 0 atom stereocenters. The van der Waals surface area contributed by atoms with Crippen LogP contribution in [-0.4, -0.2) is 66.7 Å². The highest BCUT2D eigenvalue weighted by atomic mass is 35.5. The lowest BCUT2D eigenvalue weighted by molar-refractivity contribution is -0.115. The lowest BCUT2D eigenvalue weighted by Gasteiger charge is -2.34. The Hall–Kier alpha value is -3.05. The first-order chi connectivity index (χ1) is 17.2. The molecule has 1 aromatic heterocycles. The average Bonchev–Trinajstić information content (AvgIpc) is 2.99. The van der Waals surface area contributed by atoms with E-state index in [4.69, 9.17) is 11.6 Å². The van der Waals surface area contributed by atoms with E-state index in [0.29, 0.717) is 33.6 Å². The highest BCUT2D eigenvalue weighted by Gasteiger charge is 2.30. The van der Waals surface area contributed by atoms with Crippen LogP contribution in [0.15, 0.2) is 53.6 Å². The van der Waals surface area contributed by atoms with Crippen molar-refractivity contribution >= 4 is 44.9 Å². The third-order valence-electron chi connectivity index (χ3n) is 6.72. The second-order valence-electron chi connectivity index (χ2n) is 9.19. The summed E-state index contributed by atoms with van der Waals surface area (Å²) in [6, 6.07) is 11.8. The molecule has 36 heavy (non-hydrogen) atoms. The van der Waals surface area contributed by atoms with E-state index in [0.717, 1.165) is 31.5 Å². The number of piperidine rings is 1. The van der Waals surface area contributed by atoms with Gasteiger partial charge < -0.3 is 15.5 Å². The van der Waals surface area contributed by atoms with E-state index in [-0.39, 0.29) is 23.3 Å². The van der Waals surface area contributed by atoms with E-state index in [1.165, 1.54) is 4.31 Å². The van der Waals surface area contributed by atoms with Gasteiger partial charge in [-0.1, -0.05) is 11.6 Å². The number of likely N-dealkylation sites (tertiary alicyclic amines) is 1. The van der Waals surface area contributed by atoms with E-state index in [1.807, 2.05) is 6.07 Å². The first-order valence-electron chi connectivity index (χ1n) is 11.7. The molecule has 5 rings (SSSR count). The number of fused-ring (bicyclic) bond motifs is 3. The molecule has 9 nitrogen and oxygen atoms in total. The highest BCUT2D eigenvalue weighted by molar-refractivity contribution is 7.89. The maximum absolute atomic E-state index is 13.2. The zero-order valence-electron chi connectivity index (χ0n) is 20.0. The molecular weight excluding hydrogens is 500 g/mol. The maximum atomic E-state index is 13.2. The molecule has 2 aliphatic heterocycles. The number of rotatable bonds is 5. The molecular formula is C25H27ClN6O3S. The second kappa shape index (κ2) is 9.78. The van der Waals surface area contributed by atoms with Crippen LogP contribution in [0.3, 0.4) is 0 Å². The number of halogens is 1. The summed E-state index contributed by atoms with van der Waals surface area (Å²) in [7, 11) is 0.111. The van der Waals surface area contributed by atoms with Crippen LogP contribution < -0.4 is 10.6 Å². The molecule has 11 heteroatoms. The number of carbonyl (C=O) groups excluding carboxylic acids is 1. The summed E-state index contributed by atoms with van der Waals surface area (Å²) in [6.45, 7) is 1.77. The largest absolute Gasteiger partial charge is 0.325 e. The summed E-state index contributed by atoms with van der Waals surface area (Å²) in [6.07, 6.45) is 3.42. The quantitative estimate of drug-likeness (QED) is 0.521. The van der Waals surface area contributed by atoms with Gasteiger partial charge in [0.1, 0.15) is 0 Å². The Morgan fingerprint density at radius 3 is 2.58 bits per heavy atom. The van der Waals surface area contributed by atoms with Crippen molar-refractivity contribution < 1.29 is 13.2 Å². The maximum Gasteiger partial charge on any atom is 0.243 e. The molecule has 1 amide bonds. The first kappa shape index (κ1) is 24.6. The number of sulfonamides is 1. The van der Waals surface area contributed by atoms with Crippen LogP contribution in [0.1, 0.15) is 18.4 Å². The molecule has 188 valence electrons. The average molecular weight is 527 g/mol. The molecule has 2 aromatic carbocycles. The lowest BCUT2D eigenvalue weighted by atomic mass is 10.1. The molecule has 0 bridgehead atoms. The Balaban J connectivity index is 1.36. The number of carbonyl (C=O) groups is 1. The highest BCUT2D eigenvalue weighted by Crippen LogP contribution is 2.35. The first-order valence-corrected chi connectivity index (χ1v) is 13.5. The van der Waals surface area contributed by atoms with E-state index in [1.54, 1.807) is 49.6 Å². The monoisotopic (exact) mass is 526 g/mol. The van der Waals surface area contributed by atoms with Crippen LogP contribution in [-0.2, 0) is 21.2 Å². The number of hydrogen-bond acceptors (Lipinski definition) is 7. The zero-order chi connectivity index (χ0) is 25.4. The van der Waals surface area contributed by atoms with Gasteiger partial charge in [0.25, 0.3) is 0 Å². The minimum atomic E-state index is -3.60. The fourth-order valence-corrected chi connectivity index (χ4v) is 6.17. The van der Waals surface area contributed by atoms with Crippen molar-refractivity contribution in [1.82, 2.24) is 19.2 Å². The van der Waals surface area contributed by atoms with Crippen LogP contribution in [0.4, 0.5) is 17.3 Å². The Morgan fingerprint density at radius 2 is 1.86 bits per heavy atom. The minimum Gasteiger partial charge on any atom is -0.325 e. The van der Waals surface area contributed by atoms with Gasteiger partial charge in [-0.25, -0.2) is 18.4 Å². The topological polar surface area (TPSA) is 108 Å². The van der Waals surface area contributed by atoms with Gasteiger partial charge in [-0.2, -0.15) is 4.31 Å². The van der Waals surface area contributed by atoms with Gasteiger partial charge in [0.15, 0.2) is 0 Å². The predicted octanol–water partition coefficient (Wildman–Crippen LogP) is 3.75. The van der Waals surface area contributed by atoms with Gasteiger partial charge in [0, 0.05) is 41.1 Å². The molecule has 0 radical (unpaired) electrons. The summed E-state index contributed by atoms with van der Waals surface area (Å²) in [4.78, 5) is 23.8. The fraction of sp³-hybridized carbons (Fsp3) is 0.320.